The van der Waals surface area contributed by atoms with Crippen LogP contribution in [0.15, 0.2) is 30.6 Å². The Balaban J connectivity index is 1.25. The number of piperidine rings is 1. The summed E-state index contributed by atoms with van der Waals surface area (Å²) in [6.07, 6.45) is 10.2. The first-order chi connectivity index (χ1) is 16.0. The minimum Gasteiger partial charge on any atom is -0.458 e. The van der Waals surface area contributed by atoms with Crippen LogP contribution in [0.25, 0.3) is 0 Å². The molecule has 33 heavy (non-hydrogen) atoms. The molecule has 1 N–H and O–H groups in total. The summed E-state index contributed by atoms with van der Waals surface area (Å²) in [5.41, 5.74) is 2.33. The maximum Gasteiger partial charge on any atom is 0.307 e. The van der Waals surface area contributed by atoms with Crippen molar-refractivity contribution in [3.8, 4) is 0 Å². The maximum atomic E-state index is 13.4. The minimum atomic E-state index is -0.554. The molecule has 1 spiro atoms. The van der Waals surface area contributed by atoms with Gasteiger partial charge in [0.25, 0.3) is 0 Å². The van der Waals surface area contributed by atoms with E-state index in [4.69, 9.17) is 9.72 Å². The van der Waals surface area contributed by atoms with E-state index in [1.165, 1.54) is 0 Å². The monoisotopic (exact) mass is 449 g/mol. The molecule has 1 saturated carbocycles. The van der Waals surface area contributed by atoms with E-state index in [-0.39, 0.29) is 30.1 Å². The first-order valence-electron chi connectivity index (χ1n) is 12.1. The number of likely N-dealkylation sites (tertiary alicyclic amines) is 1. The lowest BCUT2D eigenvalue weighted by Gasteiger charge is -2.39. The van der Waals surface area contributed by atoms with Crippen LogP contribution in [0.2, 0.25) is 0 Å². The SMILES string of the molecule is Cc1cc(Nc2ncccn2)cc(C2CCN(C(=O)C3CC(=O)OC34CCCCC4)CC2)n1. The number of pyridine rings is 1. The number of hydrogen-bond donors (Lipinski definition) is 1. The number of carbonyl (C=O) groups excluding carboxylic acids is 2. The third kappa shape index (κ3) is 4.56. The van der Waals surface area contributed by atoms with Crippen molar-refractivity contribution in [3.05, 3.63) is 42.0 Å². The molecule has 4 heterocycles. The number of ether oxygens (including phenoxy) is 1. The fraction of sp³-hybridized carbons (Fsp3) is 0.560. The van der Waals surface area contributed by atoms with Crippen LogP contribution in [-0.4, -0.2) is 50.4 Å². The van der Waals surface area contributed by atoms with E-state index in [1.54, 1.807) is 18.5 Å². The molecule has 2 aromatic rings. The fourth-order valence-corrected chi connectivity index (χ4v) is 5.69. The summed E-state index contributed by atoms with van der Waals surface area (Å²) in [6, 6.07) is 5.83. The second-order valence-electron chi connectivity index (χ2n) is 9.58. The van der Waals surface area contributed by atoms with Gasteiger partial charge in [-0.05, 0) is 63.6 Å². The third-order valence-electron chi connectivity index (χ3n) is 7.34. The van der Waals surface area contributed by atoms with Crippen molar-refractivity contribution in [2.75, 3.05) is 18.4 Å². The first-order valence-corrected chi connectivity index (χ1v) is 12.1. The largest absolute Gasteiger partial charge is 0.458 e. The van der Waals surface area contributed by atoms with Crippen LogP contribution in [0.1, 0.15) is 68.7 Å². The molecule has 2 aliphatic heterocycles. The second-order valence-corrected chi connectivity index (χ2v) is 9.58. The van der Waals surface area contributed by atoms with E-state index in [9.17, 15) is 9.59 Å². The van der Waals surface area contributed by atoms with Crippen molar-refractivity contribution in [1.82, 2.24) is 19.9 Å². The zero-order valence-electron chi connectivity index (χ0n) is 19.1. The lowest BCUT2D eigenvalue weighted by atomic mass is 9.75. The molecule has 174 valence electrons. The molecule has 2 saturated heterocycles. The summed E-state index contributed by atoms with van der Waals surface area (Å²) in [5.74, 6) is 0.412. The Morgan fingerprint density at radius 1 is 1.12 bits per heavy atom. The number of nitrogens with zero attached hydrogens (tertiary/aromatic N) is 4. The van der Waals surface area contributed by atoms with Gasteiger partial charge in [0, 0.05) is 48.5 Å². The highest BCUT2D eigenvalue weighted by Gasteiger charge is 2.53. The average Bonchev–Trinajstić information content (AvgIpc) is 3.14. The number of aryl methyl sites for hydroxylation is 1. The van der Waals surface area contributed by atoms with Gasteiger partial charge in [0.05, 0.1) is 12.3 Å². The summed E-state index contributed by atoms with van der Waals surface area (Å²) in [6.45, 7) is 3.36. The highest BCUT2D eigenvalue weighted by molar-refractivity contribution is 5.88. The van der Waals surface area contributed by atoms with Crippen LogP contribution < -0.4 is 5.32 Å². The molecular weight excluding hydrogens is 418 g/mol. The molecule has 0 aromatic carbocycles. The van der Waals surface area contributed by atoms with Crippen molar-refractivity contribution in [3.63, 3.8) is 0 Å². The summed E-state index contributed by atoms with van der Waals surface area (Å²) in [7, 11) is 0. The Labute approximate surface area is 194 Å². The van der Waals surface area contributed by atoms with E-state index in [0.29, 0.717) is 19.0 Å². The van der Waals surface area contributed by atoms with Crippen LogP contribution in [0.4, 0.5) is 11.6 Å². The van der Waals surface area contributed by atoms with Gasteiger partial charge in [-0.15, -0.1) is 0 Å². The number of rotatable bonds is 4. The van der Waals surface area contributed by atoms with Gasteiger partial charge in [-0.1, -0.05) is 6.42 Å². The van der Waals surface area contributed by atoms with E-state index >= 15 is 0 Å². The Morgan fingerprint density at radius 2 is 1.85 bits per heavy atom. The normalized spacial score (nSPS) is 22.9. The standard InChI is InChI=1S/C25H31N5O3/c1-17-14-19(29-24-26-10-5-11-27-24)15-21(28-17)18-6-12-30(13-7-18)23(32)20-16-22(31)33-25(20)8-3-2-4-9-25/h5,10-11,14-15,18,20H,2-4,6-9,12-13,16H2,1H3,(H,26,27,28,29). The topological polar surface area (TPSA) is 97.3 Å². The van der Waals surface area contributed by atoms with Gasteiger partial charge < -0.3 is 15.0 Å². The number of hydrogen-bond acceptors (Lipinski definition) is 7. The van der Waals surface area contributed by atoms with Gasteiger partial charge in [0.1, 0.15) is 5.60 Å². The lowest BCUT2D eigenvalue weighted by molar-refractivity contribution is -0.156. The second kappa shape index (κ2) is 9.08. The molecule has 8 nitrogen and oxygen atoms in total. The number of anilines is 2. The van der Waals surface area contributed by atoms with Crippen molar-refractivity contribution < 1.29 is 14.3 Å². The van der Waals surface area contributed by atoms with Gasteiger partial charge >= 0.3 is 5.97 Å². The van der Waals surface area contributed by atoms with Crippen LogP contribution in [-0.2, 0) is 14.3 Å². The number of carbonyl (C=O) groups is 2. The smallest absolute Gasteiger partial charge is 0.307 e. The Kier molecular flexibility index (Phi) is 6.00. The van der Waals surface area contributed by atoms with Gasteiger partial charge in [-0.25, -0.2) is 9.97 Å². The molecule has 2 aromatic heterocycles. The highest BCUT2D eigenvalue weighted by atomic mass is 16.6. The number of amides is 1. The summed E-state index contributed by atoms with van der Waals surface area (Å²) >= 11 is 0. The minimum absolute atomic E-state index is 0.0991. The van der Waals surface area contributed by atoms with E-state index in [1.807, 2.05) is 17.9 Å². The van der Waals surface area contributed by atoms with Gasteiger partial charge in [-0.3, -0.25) is 14.6 Å². The van der Waals surface area contributed by atoms with Crippen LogP contribution in [0.5, 0.6) is 0 Å². The number of nitrogens with one attached hydrogen (secondary N) is 1. The Morgan fingerprint density at radius 3 is 2.58 bits per heavy atom. The molecule has 8 heteroatoms. The number of esters is 1. The van der Waals surface area contributed by atoms with E-state index in [2.05, 4.69) is 21.4 Å². The molecule has 1 amide bonds. The van der Waals surface area contributed by atoms with Gasteiger partial charge in [0.2, 0.25) is 11.9 Å². The van der Waals surface area contributed by atoms with Crippen LogP contribution >= 0.6 is 0 Å². The Hall–Kier alpha value is -3.03. The third-order valence-corrected chi connectivity index (χ3v) is 7.34. The van der Waals surface area contributed by atoms with Crippen molar-refractivity contribution >= 4 is 23.5 Å². The summed E-state index contributed by atoms with van der Waals surface area (Å²) < 4.78 is 5.77. The molecule has 1 atom stereocenters. The maximum absolute atomic E-state index is 13.4. The molecule has 1 aliphatic carbocycles. The van der Waals surface area contributed by atoms with Crippen LogP contribution in [0.3, 0.4) is 0 Å². The molecule has 3 fully saturated rings. The molecule has 3 aliphatic rings. The van der Waals surface area contributed by atoms with Crippen molar-refractivity contribution in [1.29, 1.82) is 0 Å². The quantitative estimate of drug-likeness (QED) is 0.707. The van der Waals surface area contributed by atoms with Crippen molar-refractivity contribution in [2.24, 2.45) is 5.92 Å². The molecular formula is C25H31N5O3. The predicted octanol–water partition coefficient (Wildman–Crippen LogP) is 3.90. The predicted molar refractivity (Wildman–Crippen MR) is 123 cm³/mol. The van der Waals surface area contributed by atoms with Crippen molar-refractivity contribution in [2.45, 2.75) is 69.8 Å². The highest BCUT2D eigenvalue weighted by Crippen LogP contribution is 2.45. The van der Waals surface area contributed by atoms with E-state index < -0.39 is 5.60 Å². The first kappa shape index (κ1) is 21.8. The molecule has 1 unspecified atom stereocenters. The average molecular weight is 450 g/mol. The zero-order chi connectivity index (χ0) is 22.8. The van der Waals surface area contributed by atoms with E-state index in [0.717, 1.165) is 62.0 Å². The summed E-state index contributed by atoms with van der Waals surface area (Å²) in [5, 5.41) is 3.25. The molecule has 5 rings (SSSR count). The van der Waals surface area contributed by atoms with Gasteiger partial charge in [0.15, 0.2) is 0 Å². The zero-order valence-corrected chi connectivity index (χ0v) is 19.1. The lowest BCUT2D eigenvalue weighted by Crippen LogP contribution is -2.49. The molecule has 0 radical (unpaired) electrons. The number of aromatic nitrogens is 3. The molecule has 0 bridgehead atoms. The fourth-order valence-electron chi connectivity index (χ4n) is 5.69. The van der Waals surface area contributed by atoms with Gasteiger partial charge in [-0.2, -0.15) is 0 Å². The summed E-state index contributed by atoms with van der Waals surface area (Å²) in [4.78, 5) is 40.8. The van der Waals surface area contributed by atoms with Crippen LogP contribution in [0, 0.1) is 12.8 Å². The Bertz CT molecular complexity index is 1010.